The molecule has 100 valence electrons. The first-order valence-electron chi connectivity index (χ1n) is 6.67. The molecule has 18 heavy (non-hydrogen) atoms. The first-order valence-corrected chi connectivity index (χ1v) is 7.05. The minimum absolute atomic E-state index is 0.0977. The van der Waals surface area contributed by atoms with Gasteiger partial charge in [-0.25, -0.2) is 0 Å². The maximum atomic E-state index is 6.32. The molecule has 0 atom stereocenters. The highest BCUT2D eigenvalue weighted by molar-refractivity contribution is 6.31. The zero-order valence-corrected chi connectivity index (χ0v) is 12.0. The molecule has 0 heterocycles. The summed E-state index contributed by atoms with van der Waals surface area (Å²) in [5.41, 5.74) is 8.64. The van der Waals surface area contributed by atoms with Crippen molar-refractivity contribution >= 4 is 11.6 Å². The summed E-state index contributed by atoms with van der Waals surface area (Å²) in [6, 6.07) is 4.01. The van der Waals surface area contributed by atoms with Crippen molar-refractivity contribution in [3.05, 3.63) is 28.3 Å². The van der Waals surface area contributed by atoms with E-state index in [0.29, 0.717) is 6.54 Å². The molecule has 0 aromatic heterocycles. The molecule has 2 rings (SSSR count). The van der Waals surface area contributed by atoms with Gasteiger partial charge in [0, 0.05) is 17.0 Å². The fourth-order valence-corrected chi connectivity index (χ4v) is 3.34. The van der Waals surface area contributed by atoms with E-state index in [1.807, 2.05) is 6.07 Å². The van der Waals surface area contributed by atoms with Crippen molar-refractivity contribution in [2.75, 3.05) is 13.7 Å². The van der Waals surface area contributed by atoms with Crippen molar-refractivity contribution in [1.29, 1.82) is 0 Å². The van der Waals surface area contributed by atoms with Gasteiger partial charge >= 0.3 is 0 Å². The summed E-state index contributed by atoms with van der Waals surface area (Å²) in [6.07, 6.45) is 6.15. The predicted octanol–water partition coefficient (Wildman–Crippen LogP) is 3.82. The second kappa shape index (κ2) is 5.50. The molecule has 0 saturated heterocycles. The third-order valence-electron chi connectivity index (χ3n) is 4.33. The van der Waals surface area contributed by atoms with Crippen LogP contribution in [0.1, 0.15) is 43.2 Å². The maximum Gasteiger partial charge on any atom is 0.120 e. The van der Waals surface area contributed by atoms with Crippen LogP contribution in [0.5, 0.6) is 5.75 Å². The third-order valence-corrected chi connectivity index (χ3v) is 4.72. The van der Waals surface area contributed by atoms with Gasteiger partial charge in [-0.05, 0) is 43.0 Å². The molecule has 2 N–H and O–H groups in total. The second-order valence-electron chi connectivity index (χ2n) is 5.33. The van der Waals surface area contributed by atoms with Crippen LogP contribution in [0.3, 0.4) is 0 Å². The summed E-state index contributed by atoms with van der Waals surface area (Å²) in [5, 5.41) is 0.780. The molecule has 0 bridgehead atoms. The molecule has 0 radical (unpaired) electrons. The van der Waals surface area contributed by atoms with Crippen LogP contribution in [0, 0.1) is 6.92 Å². The average Bonchev–Trinajstić information content (AvgIpc) is 2.42. The molecule has 1 aliphatic carbocycles. The Hall–Kier alpha value is -0.730. The second-order valence-corrected chi connectivity index (χ2v) is 5.73. The Labute approximate surface area is 114 Å². The van der Waals surface area contributed by atoms with Gasteiger partial charge in [0.25, 0.3) is 0 Å². The summed E-state index contributed by atoms with van der Waals surface area (Å²) in [4.78, 5) is 0. The number of benzene rings is 1. The van der Waals surface area contributed by atoms with Gasteiger partial charge in [-0.1, -0.05) is 30.9 Å². The van der Waals surface area contributed by atoms with Crippen molar-refractivity contribution in [2.45, 2.75) is 44.4 Å². The van der Waals surface area contributed by atoms with E-state index in [-0.39, 0.29) is 5.41 Å². The van der Waals surface area contributed by atoms with Crippen molar-refractivity contribution in [2.24, 2.45) is 5.73 Å². The number of hydrogen-bond donors (Lipinski definition) is 1. The highest BCUT2D eigenvalue weighted by Crippen LogP contribution is 2.42. The zero-order chi connectivity index (χ0) is 13.2. The molecule has 1 saturated carbocycles. The quantitative estimate of drug-likeness (QED) is 0.904. The van der Waals surface area contributed by atoms with Crippen molar-refractivity contribution in [1.82, 2.24) is 0 Å². The van der Waals surface area contributed by atoms with E-state index in [0.717, 1.165) is 29.2 Å². The van der Waals surface area contributed by atoms with Gasteiger partial charge < -0.3 is 10.5 Å². The SMILES string of the molecule is COc1cc(Cl)c(C)c(C2(CN)CCCCC2)c1. The molecule has 0 spiro atoms. The van der Waals surface area contributed by atoms with Crippen LogP contribution >= 0.6 is 11.6 Å². The molecule has 2 nitrogen and oxygen atoms in total. The number of rotatable bonds is 3. The van der Waals surface area contributed by atoms with E-state index in [4.69, 9.17) is 22.1 Å². The van der Waals surface area contributed by atoms with E-state index < -0.39 is 0 Å². The Morgan fingerprint density at radius 3 is 2.50 bits per heavy atom. The normalized spacial score (nSPS) is 18.7. The van der Waals surface area contributed by atoms with Crippen LogP contribution in [0.25, 0.3) is 0 Å². The van der Waals surface area contributed by atoms with E-state index >= 15 is 0 Å². The summed E-state index contributed by atoms with van der Waals surface area (Å²) in [6.45, 7) is 2.78. The summed E-state index contributed by atoms with van der Waals surface area (Å²) < 4.78 is 5.35. The lowest BCUT2D eigenvalue weighted by Crippen LogP contribution is -2.37. The summed E-state index contributed by atoms with van der Waals surface area (Å²) in [5.74, 6) is 0.832. The summed E-state index contributed by atoms with van der Waals surface area (Å²) >= 11 is 6.32. The molecular weight excluding hydrogens is 246 g/mol. The van der Waals surface area contributed by atoms with E-state index in [9.17, 15) is 0 Å². The Morgan fingerprint density at radius 1 is 1.28 bits per heavy atom. The lowest BCUT2D eigenvalue weighted by Gasteiger charge is -2.38. The molecule has 1 fully saturated rings. The fraction of sp³-hybridized carbons (Fsp3) is 0.600. The van der Waals surface area contributed by atoms with E-state index in [1.54, 1.807) is 7.11 Å². The van der Waals surface area contributed by atoms with Gasteiger partial charge in [0.2, 0.25) is 0 Å². The third kappa shape index (κ3) is 2.36. The first kappa shape index (κ1) is 13.7. The first-order chi connectivity index (χ1) is 8.63. The maximum absolute atomic E-state index is 6.32. The van der Waals surface area contributed by atoms with Crippen molar-refractivity contribution < 1.29 is 4.74 Å². The fourth-order valence-electron chi connectivity index (χ4n) is 3.13. The highest BCUT2D eigenvalue weighted by Gasteiger charge is 2.34. The molecule has 0 aliphatic heterocycles. The topological polar surface area (TPSA) is 35.2 Å². The van der Waals surface area contributed by atoms with Crippen LogP contribution in [0.2, 0.25) is 5.02 Å². The Morgan fingerprint density at radius 2 is 1.94 bits per heavy atom. The van der Waals surface area contributed by atoms with Crippen LogP contribution in [0.15, 0.2) is 12.1 Å². The Balaban J connectivity index is 2.50. The highest BCUT2D eigenvalue weighted by atomic mass is 35.5. The van der Waals surface area contributed by atoms with Crippen molar-refractivity contribution in [3.8, 4) is 5.75 Å². The molecule has 0 amide bonds. The predicted molar refractivity (Wildman–Crippen MR) is 76.6 cm³/mol. The molecular formula is C15H22ClNO. The minimum atomic E-state index is 0.0977. The standard InChI is InChI=1S/C15H22ClNO/c1-11-13(8-12(18-2)9-14(11)16)15(10-17)6-4-3-5-7-15/h8-9H,3-7,10,17H2,1-2H3. The van der Waals surface area contributed by atoms with Crippen LogP contribution in [-0.4, -0.2) is 13.7 Å². The number of halogens is 1. The molecule has 1 aliphatic rings. The van der Waals surface area contributed by atoms with Gasteiger partial charge in [-0.2, -0.15) is 0 Å². The van der Waals surface area contributed by atoms with Crippen LogP contribution < -0.4 is 10.5 Å². The number of methoxy groups -OCH3 is 1. The van der Waals surface area contributed by atoms with E-state index in [1.165, 1.54) is 24.8 Å². The number of ether oxygens (including phenoxy) is 1. The van der Waals surface area contributed by atoms with E-state index in [2.05, 4.69) is 13.0 Å². The lowest BCUT2D eigenvalue weighted by molar-refractivity contribution is 0.298. The lowest BCUT2D eigenvalue weighted by atomic mass is 9.68. The Bertz CT molecular complexity index is 425. The minimum Gasteiger partial charge on any atom is -0.497 e. The molecule has 1 aromatic carbocycles. The van der Waals surface area contributed by atoms with Gasteiger partial charge in [0.1, 0.15) is 5.75 Å². The molecule has 1 aromatic rings. The number of hydrogen-bond acceptors (Lipinski definition) is 2. The largest absolute Gasteiger partial charge is 0.497 e. The average molecular weight is 268 g/mol. The van der Waals surface area contributed by atoms with Gasteiger partial charge in [0.15, 0.2) is 0 Å². The Kier molecular flexibility index (Phi) is 4.18. The smallest absolute Gasteiger partial charge is 0.120 e. The number of nitrogens with two attached hydrogens (primary N) is 1. The van der Waals surface area contributed by atoms with Crippen molar-refractivity contribution in [3.63, 3.8) is 0 Å². The zero-order valence-electron chi connectivity index (χ0n) is 11.3. The van der Waals surface area contributed by atoms with Crippen LogP contribution in [-0.2, 0) is 5.41 Å². The van der Waals surface area contributed by atoms with Gasteiger partial charge in [0.05, 0.1) is 7.11 Å². The van der Waals surface area contributed by atoms with Crippen LogP contribution in [0.4, 0.5) is 0 Å². The molecule has 3 heteroatoms. The summed E-state index contributed by atoms with van der Waals surface area (Å²) in [7, 11) is 1.68. The monoisotopic (exact) mass is 267 g/mol. The molecule has 0 unspecified atom stereocenters. The van der Waals surface area contributed by atoms with Gasteiger partial charge in [-0.3, -0.25) is 0 Å². The van der Waals surface area contributed by atoms with Gasteiger partial charge in [-0.15, -0.1) is 0 Å².